The number of carbonyl (C=O) groups excluding carboxylic acids is 1. The molecular weight excluding hydrogens is 202 g/mol. The third kappa shape index (κ3) is 3.30. The van der Waals surface area contributed by atoms with E-state index in [1.807, 2.05) is 0 Å². The van der Waals surface area contributed by atoms with E-state index in [4.69, 9.17) is 4.74 Å². The number of aliphatic hydroxyl groups is 1. The first kappa shape index (κ1) is 11.6. The highest BCUT2D eigenvalue weighted by Crippen LogP contribution is 1.97. The van der Waals surface area contributed by atoms with Crippen molar-refractivity contribution in [3.05, 3.63) is 11.9 Å². The van der Waals surface area contributed by atoms with Gasteiger partial charge in [0.15, 0.2) is 5.69 Å². The van der Waals surface area contributed by atoms with E-state index in [1.54, 1.807) is 0 Å². The van der Waals surface area contributed by atoms with Crippen LogP contribution in [-0.4, -0.2) is 53.0 Å². The summed E-state index contributed by atoms with van der Waals surface area (Å²) >= 11 is 0. The van der Waals surface area contributed by atoms with Gasteiger partial charge in [-0.25, -0.2) is 9.48 Å². The van der Waals surface area contributed by atoms with E-state index >= 15 is 0 Å². The molecule has 1 aromatic heterocycles. The SMILES string of the molecule is COCC(O)Cn1cc(C(=O)OC)nn1. The highest BCUT2D eigenvalue weighted by molar-refractivity contribution is 5.86. The Morgan fingerprint density at radius 3 is 3.00 bits per heavy atom. The summed E-state index contributed by atoms with van der Waals surface area (Å²) in [5.74, 6) is -0.553. The molecule has 1 N–H and O–H groups in total. The minimum atomic E-state index is -0.679. The van der Waals surface area contributed by atoms with Gasteiger partial charge in [0.05, 0.1) is 32.6 Å². The fourth-order valence-electron chi connectivity index (χ4n) is 1.05. The molecular formula is C8H13N3O4. The van der Waals surface area contributed by atoms with E-state index in [9.17, 15) is 9.90 Å². The number of hydrogen-bond acceptors (Lipinski definition) is 6. The summed E-state index contributed by atoms with van der Waals surface area (Å²) in [6, 6.07) is 0. The van der Waals surface area contributed by atoms with Crippen LogP contribution >= 0.6 is 0 Å². The molecule has 0 aromatic carbocycles. The molecule has 0 aliphatic heterocycles. The van der Waals surface area contributed by atoms with E-state index in [0.717, 1.165) is 0 Å². The molecule has 0 bridgehead atoms. The number of aromatic nitrogens is 3. The van der Waals surface area contributed by atoms with Gasteiger partial charge >= 0.3 is 5.97 Å². The molecule has 0 aliphatic rings. The predicted octanol–water partition coefficient (Wildman–Crippen LogP) is -0.928. The van der Waals surface area contributed by atoms with Crippen molar-refractivity contribution in [3.8, 4) is 0 Å². The smallest absolute Gasteiger partial charge is 0.360 e. The van der Waals surface area contributed by atoms with Crippen LogP contribution in [0.2, 0.25) is 0 Å². The Balaban J connectivity index is 2.56. The van der Waals surface area contributed by atoms with Crippen molar-refractivity contribution < 1.29 is 19.4 Å². The average molecular weight is 215 g/mol. The van der Waals surface area contributed by atoms with Crippen molar-refractivity contribution in [2.45, 2.75) is 12.6 Å². The lowest BCUT2D eigenvalue weighted by atomic mass is 10.4. The zero-order chi connectivity index (χ0) is 11.3. The lowest BCUT2D eigenvalue weighted by Crippen LogP contribution is -2.21. The Morgan fingerprint density at radius 2 is 2.40 bits per heavy atom. The zero-order valence-corrected chi connectivity index (χ0v) is 8.58. The number of aliphatic hydroxyl groups excluding tert-OH is 1. The third-order valence-corrected chi connectivity index (χ3v) is 1.69. The standard InChI is InChI=1S/C8H13N3O4/c1-14-5-6(12)3-11-4-7(9-10-11)8(13)15-2/h4,6,12H,3,5H2,1-2H3. The van der Waals surface area contributed by atoms with Gasteiger partial charge in [0, 0.05) is 7.11 Å². The number of esters is 1. The monoisotopic (exact) mass is 215 g/mol. The molecule has 15 heavy (non-hydrogen) atoms. The van der Waals surface area contributed by atoms with Gasteiger partial charge in [-0.3, -0.25) is 0 Å². The molecule has 7 heteroatoms. The second-order valence-electron chi connectivity index (χ2n) is 2.93. The average Bonchev–Trinajstić information content (AvgIpc) is 2.65. The summed E-state index contributed by atoms with van der Waals surface area (Å²) < 4.78 is 10.6. The molecule has 0 radical (unpaired) electrons. The summed E-state index contributed by atoms with van der Waals surface area (Å²) in [4.78, 5) is 11.0. The van der Waals surface area contributed by atoms with Gasteiger partial charge in [-0.15, -0.1) is 5.10 Å². The number of rotatable bonds is 5. The number of methoxy groups -OCH3 is 2. The van der Waals surface area contributed by atoms with Crippen LogP contribution in [0.5, 0.6) is 0 Å². The molecule has 1 aromatic rings. The first-order valence-electron chi connectivity index (χ1n) is 4.32. The lowest BCUT2D eigenvalue weighted by Gasteiger charge is -2.07. The van der Waals surface area contributed by atoms with Gasteiger partial charge in [0.25, 0.3) is 0 Å². The maximum absolute atomic E-state index is 11.0. The minimum Gasteiger partial charge on any atom is -0.464 e. The lowest BCUT2D eigenvalue weighted by molar-refractivity contribution is 0.0509. The van der Waals surface area contributed by atoms with Crippen LogP contribution in [0.15, 0.2) is 6.20 Å². The maximum atomic E-state index is 11.0. The minimum absolute atomic E-state index is 0.113. The van der Waals surface area contributed by atoms with E-state index in [2.05, 4.69) is 15.0 Å². The van der Waals surface area contributed by atoms with Crippen LogP contribution in [0.3, 0.4) is 0 Å². The normalized spacial score (nSPS) is 12.5. The predicted molar refractivity (Wildman–Crippen MR) is 49.2 cm³/mol. The molecule has 1 unspecified atom stereocenters. The topological polar surface area (TPSA) is 86.5 Å². The quantitative estimate of drug-likeness (QED) is 0.639. The molecule has 7 nitrogen and oxygen atoms in total. The molecule has 0 saturated heterocycles. The molecule has 0 spiro atoms. The molecule has 0 saturated carbocycles. The van der Waals surface area contributed by atoms with E-state index < -0.39 is 12.1 Å². The summed E-state index contributed by atoms with van der Waals surface area (Å²) in [6.07, 6.45) is 0.729. The van der Waals surface area contributed by atoms with E-state index in [0.29, 0.717) is 0 Å². The highest BCUT2D eigenvalue weighted by atomic mass is 16.5. The second-order valence-corrected chi connectivity index (χ2v) is 2.93. The van der Waals surface area contributed by atoms with Crippen LogP contribution in [0.25, 0.3) is 0 Å². The summed E-state index contributed by atoms with van der Waals surface area (Å²) in [5.41, 5.74) is 0.113. The Kier molecular flexibility index (Phi) is 4.19. The molecule has 84 valence electrons. The largest absolute Gasteiger partial charge is 0.464 e. The molecule has 1 heterocycles. The van der Waals surface area contributed by atoms with Crippen LogP contribution in [0.1, 0.15) is 10.5 Å². The summed E-state index contributed by atoms with van der Waals surface area (Å²) in [5, 5.41) is 16.6. The second kappa shape index (κ2) is 5.42. The summed E-state index contributed by atoms with van der Waals surface area (Å²) in [7, 11) is 2.76. The molecule has 0 fully saturated rings. The van der Waals surface area contributed by atoms with Crippen LogP contribution in [0.4, 0.5) is 0 Å². The fraction of sp³-hybridized carbons (Fsp3) is 0.625. The molecule has 0 amide bonds. The van der Waals surface area contributed by atoms with Crippen molar-refractivity contribution in [1.82, 2.24) is 15.0 Å². The van der Waals surface area contributed by atoms with Gasteiger partial charge < -0.3 is 14.6 Å². The Morgan fingerprint density at radius 1 is 1.67 bits per heavy atom. The molecule has 1 atom stereocenters. The van der Waals surface area contributed by atoms with Crippen LogP contribution in [0, 0.1) is 0 Å². The highest BCUT2D eigenvalue weighted by Gasteiger charge is 2.12. The van der Waals surface area contributed by atoms with Gasteiger partial charge in [-0.2, -0.15) is 0 Å². The number of nitrogens with zero attached hydrogens (tertiary/aromatic N) is 3. The summed E-state index contributed by atoms with van der Waals surface area (Å²) in [6.45, 7) is 0.422. The number of hydrogen-bond donors (Lipinski definition) is 1. The van der Waals surface area contributed by atoms with Crippen molar-refractivity contribution >= 4 is 5.97 Å². The first-order valence-corrected chi connectivity index (χ1v) is 4.32. The van der Waals surface area contributed by atoms with Crippen molar-refractivity contribution in [2.75, 3.05) is 20.8 Å². The molecule has 1 rings (SSSR count). The van der Waals surface area contributed by atoms with Gasteiger partial charge in [0.2, 0.25) is 0 Å². The zero-order valence-electron chi connectivity index (χ0n) is 8.58. The Hall–Kier alpha value is -1.47. The van der Waals surface area contributed by atoms with Crippen LogP contribution < -0.4 is 0 Å². The van der Waals surface area contributed by atoms with E-state index in [1.165, 1.54) is 25.1 Å². The molecule has 0 aliphatic carbocycles. The van der Waals surface area contributed by atoms with Crippen molar-refractivity contribution in [2.24, 2.45) is 0 Å². The van der Waals surface area contributed by atoms with E-state index in [-0.39, 0.29) is 18.8 Å². The third-order valence-electron chi connectivity index (χ3n) is 1.69. The van der Waals surface area contributed by atoms with Gasteiger partial charge in [-0.1, -0.05) is 5.21 Å². The van der Waals surface area contributed by atoms with Crippen molar-refractivity contribution in [1.29, 1.82) is 0 Å². The maximum Gasteiger partial charge on any atom is 0.360 e. The number of ether oxygens (including phenoxy) is 2. The Labute approximate surface area is 86.6 Å². The van der Waals surface area contributed by atoms with Gasteiger partial charge in [-0.05, 0) is 0 Å². The Bertz CT molecular complexity index is 325. The van der Waals surface area contributed by atoms with Gasteiger partial charge in [0.1, 0.15) is 0 Å². The first-order chi connectivity index (χ1) is 7.17. The fourth-order valence-corrected chi connectivity index (χ4v) is 1.05. The van der Waals surface area contributed by atoms with Crippen LogP contribution in [-0.2, 0) is 16.0 Å². The van der Waals surface area contributed by atoms with Crippen molar-refractivity contribution in [3.63, 3.8) is 0 Å². The number of carbonyl (C=O) groups is 1.